The number of nitrogens with two attached hydrogens (primary N) is 1. The van der Waals surface area contributed by atoms with E-state index in [1.54, 1.807) is 0 Å². The molecule has 3 heteroatoms. The number of nitrogens with zero attached hydrogens (tertiary/aromatic N) is 2. The lowest BCUT2D eigenvalue weighted by Gasteiger charge is -2.40. The van der Waals surface area contributed by atoms with E-state index in [1.165, 1.54) is 63.5 Å². The minimum Gasteiger partial charge on any atom is -0.330 e. The second-order valence-electron chi connectivity index (χ2n) is 7.48. The summed E-state index contributed by atoms with van der Waals surface area (Å²) in [4.78, 5) is 0. The van der Waals surface area contributed by atoms with Gasteiger partial charge < -0.3 is 5.73 Å². The Hall–Kier alpha value is -0.830. The molecule has 0 aliphatic heterocycles. The van der Waals surface area contributed by atoms with Gasteiger partial charge in [-0.25, -0.2) is 0 Å². The van der Waals surface area contributed by atoms with E-state index >= 15 is 0 Å². The summed E-state index contributed by atoms with van der Waals surface area (Å²) in [5.41, 5.74) is 7.78. The van der Waals surface area contributed by atoms with E-state index in [9.17, 15) is 0 Å². The molecule has 2 N–H and O–H groups in total. The normalized spacial score (nSPS) is 30.9. The summed E-state index contributed by atoms with van der Waals surface area (Å²) < 4.78 is 2.23. The predicted molar refractivity (Wildman–Crippen MR) is 87.2 cm³/mol. The van der Waals surface area contributed by atoms with Crippen molar-refractivity contribution in [2.24, 2.45) is 17.1 Å². The Morgan fingerprint density at radius 3 is 2.81 bits per heavy atom. The fourth-order valence-electron chi connectivity index (χ4n) is 4.58. The lowest BCUT2D eigenvalue weighted by molar-refractivity contribution is 0.141. The van der Waals surface area contributed by atoms with Gasteiger partial charge in [-0.05, 0) is 56.0 Å². The molecule has 0 spiro atoms. The molecule has 2 saturated carbocycles. The van der Waals surface area contributed by atoms with E-state index < -0.39 is 0 Å². The van der Waals surface area contributed by atoms with Crippen LogP contribution in [0.4, 0.5) is 0 Å². The Balaban J connectivity index is 1.68. The summed E-state index contributed by atoms with van der Waals surface area (Å²) in [6.45, 7) is 3.14. The van der Waals surface area contributed by atoms with Gasteiger partial charge in [-0.1, -0.05) is 39.0 Å². The zero-order valence-electron chi connectivity index (χ0n) is 13.6. The molecule has 2 unspecified atom stereocenters. The van der Waals surface area contributed by atoms with Crippen LogP contribution in [0.2, 0.25) is 0 Å². The molecule has 2 aliphatic rings. The van der Waals surface area contributed by atoms with Crippen LogP contribution in [0.1, 0.15) is 76.4 Å². The number of hydrogen-bond donors (Lipinski definition) is 1. The number of hydrogen-bond acceptors (Lipinski definition) is 2. The average Bonchev–Trinajstić information content (AvgIpc) is 3.18. The minimum absolute atomic E-state index is 0.313. The first-order valence-corrected chi connectivity index (χ1v) is 8.99. The molecule has 118 valence electrons. The monoisotopic (exact) mass is 289 g/mol. The van der Waals surface area contributed by atoms with E-state index in [4.69, 9.17) is 10.8 Å². The highest BCUT2D eigenvalue weighted by molar-refractivity contribution is 5.06. The molecule has 1 aromatic heterocycles. The highest BCUT2D eigenvalue weighted by atomic mass is 15.3. The molecule has 2 atom stereocenters. The second-order valence-corrected chi connectivity index (χ2v) is 7.48. The van der Waals surface area contributed by atoms with Gasteiger partial charge in [0, 0.05) is 6.20 Å². The van der Waals surface area contributed by atoms with Crippen LogP contribution in [0, 0.1) is 11.3 Å². The van der Waals surface area contributed by atoms with Crippen LogP contribution in [0.3, 0.4) is 0 Å². The van der Waals surface area contributed by atoms with Crippen LogP contribution in [0.25, 0.3) is 0 Å². The van der Waals surface area contributed by atoms with Gasteiger partial charge in [0.05, 0.1) is 11.7 Å². The maximum atomic E-state index is 6.20. The second kappa shape index (κ2) is 6.51. The molecule has 0 bridgehead atoms. The maximum absolute atomic E-state index is 6.20. The van der Waals surface area contributed by atoms with Crippen LogP contribution in [0.15, 0.2) is 12.3 Å². The van der Waals surface area contributed by atoms with E-state index in [-0.39, 0.29) is 0 Å². The van der Waals surface area contributed by atoms with Crippen LogP contribution in [0.5, 0.6) is 0 Å². The molecule has 0 aromatic carbocycles. The fourth-order valence-corrected chi connectivity index (χ4v) is 4.58. The van der Waals surface area contributed by atoms with Crippen molar-refractivity contribution in [1.29, 1.82) is 0 Å². The van der Waals surface area contributed by atoms with Crippen LogP contribution >= 0.6 is 0 Å². The van der Waals surface area contributed by atoms with Crippen molar-refractivity contribution >= 4 is 0 Å². The topological polar surface area (TPSA) is 43.8 Å². The zero-order valence-corrected chi connectivity index (χ0v) is 13.6. The zero-order chi connectivity index (χ0) is 14.7. The van der Waals surface area contributed by atoms with Crippen molar-refractivity contribution in [3.8, 4) is 0 Å². The van der Waals surface area contributed by atoms with Crippen LogP contribution < -0.4 is 5.73 Å². The van der Waals surface area contributed by atoms with Crippen LogP contribution in [-0.2, 0) is 6.42 Å². The van der Waals surface area contributed by atoms with Gasteiger partial charge in [0.2, 0.25) is 0 Å². The van der Waals surface area contributed by atoms with E-state index in [1.807, 2.05) is 0 Å². The average molecular weight is 289 g/mol. The Morgan fingerprint density at radius 2 is 2.10 bits per heavy atom. The molecule has 3 rings (SSSR count). The Bertz CT molecular complexity index is 447. The molecule has 3 nitrogen and oxygen atoms in total. The summed E-state index contributed by atoms with van der Waals surface area (Å²) in [6.07, 6.45) is 15.3. The molecule has 0 amide bonds. The number of rotatable bonds is 5. The standard InChI is InChI=1S/C18H31N3/c1-2-15-6-5-10-18(12-15,14-19)13-16-9-11-21(20-16)17-7-3-4-8-17/h9,11,15,17H,2-8,10,12-14,19H2,1H3. The first-order valence-electron chi connectivity index (χ1n) is 8.99. The first-order chi connectivity index (χ1) is 10.2. The quantitative estimate of drug-likeness (QED) is 0.887. The molecular formula is C18H31N3. The largest absolute Gasteiger partial charge is 0.330 e. The third-order valence-corrected chi connectivity index (χ3v) is 5.97. The van der Waals surface area contributed by atoms with Crippen molar-refractivity contribution in [2.45, 2.75) is 77.2 Å². The van der Waals surface area contributed by atoms with Gasteiger partial charge in [0.15, 0.2) is 0 Å². The van der Waals surface area contributed by atoms with Crippen LogP contribution in [-0.4, -0.2) is 16.3 Å². The van der Waals surface area contributed by atoms with Gasteiger partial charge in [-0.15, -0.1) is 0 Å². The molecule has 0 saturated heterocycles. The lowest BCUT2D eigenvalue weighted by Crippen LogP contribution is -2.38. The fraction of sp³-hybridized carbons (Fsp3) is 0.833. The Kier molecular flexibility index (Phi) is 4.68. The Labute approximate surface area is 129 Å². The molecule has 0 radical (unpaired) electrons. The van der Waals surface area contributed by atoms with Crippen molar-refractivity contribution in [2.75, 3.05) is 6.54 Å². The summed E-state index contributed by atoms with van der Waals surface area (Å²) in [7, 11) is 0. The lowest BCUT2D eigenvalue weighted by atomic mass is 9.66. The molecule has 1 heterocycles. The van der Waals surface area contributed by atoms with Crippen molar-refractivity contribution in [3.05, 3.63) is 18.0 Å². The van der Waals surface area contributed by atoms with Crippen molar-refractivity contribution in [3.63, 3.8) is 0 Å². The van der Waals surface area contributed by atoms with E-state index in [2.05, 4.69) is 23.9 Å². The maximum Gasteiger partial charge on any atom is 0.0630 e. The minimum atomic E-state index is 0.313. The van der Waals surface area contributed by atoms with Gasteiger partial charge in [0.1, 0.15) is 0 Å². The van der Waals surface area contributed by atoms with Gasteiger partial charge in [-0.2, -0.15) is 5.10 Å². The Morgan fingerprint density at radius 1 is 1.29 bits per heavy atom. The first kappa shape index (κ1) is 15.1. The van der Waals surface area contributed by atoms with Gasteiger partial charge in [-0.3, -0.25) is 4.68 Å². The molecule has 1 aromatic rings. The van der Waals surface area contributed by atoms with E-state index in [0.717, 1.165) is 18.9 Å². The predicted octanol–water partition coefficient (Wildman–Crippen LogP) is 4.09. The van der Waals surface area contributed by atoms with E-state index in [0.29, 0.717) is 11.5 Å². The summed E-state index contributed by atoms with van der Waals surface area (Å²) in [5, 5.41) is 4.89. The molecule has 2 aliphatic carbocycles. The third kappa shape index (κ3) is 3.33. The molecule has 21 heavy (non-hydrogen) atoms. The van der Waals surface area contributed by atoms with Gasteiger partial charge >= 0.3 is 0 Å². The SMILES string of the molecule is CCC1CCCC(CN)(Cc2ccn(C3CCCC3)n2)C1. The summed E-state index contributed by atoms with van der Waals surface area (Å²) in [6, 6.07) is 2.90. The van der Waals surface area contributed by atoms with Crippen molar-refractivity contribution < 1.29 is 0 Å². The summed E-state index contributed by atoms with van der Waals surface area (Å²) >= 11 is 0. The highest BCUT2D eigenvalue weighted by Crippen LogP contribution is 2.42. The third-order valence-electron chi connectivity index (χ3n) is 5.97. The highest BCUT2D eigenvalue weighted by Gasteiger charge is 2.35. The smallest absolute Gasteiger partial charge is 0.0630 e. The number of aromatic nitrogens is 2. The van der Waals surface area contributed by atoms with Crippen molar-refractivity contribution in [1.82, 2.24) is 9.78 Å². The van der Waals surface area contributed by atoms with Gasteiger partial charge in [0.25, 0.3) is 0 Å². The molecular weight excluding hydrogens is 258 g/mol. The molecule has 2 fully saturated rings. The summed E-state index contributed by atoms with van der Waals surface area (Å²) in [5.74, 6) is 0.874.